The maximum Gasteiger partial charge on any atom is 0.0900 e. The summed E-state index contributed by atoms with van der Waals surface area (Å²) >= 11 is 0. The Balaban J connectivity index is 2.16. The van der Waals surface area contributed by atoms with Crippen molar-refractivity contribution in [2.75, 3.05) is 26.2 Å². The van der Waals surface area contributed by atoms with E-state index >= 15 is 0 Å². The van der Waals surface area contributed by atoms with E-state index in [4.69, 9.17) is 4.74 Å². The predicted octanol–water partition coefficient (Wildman–Crippen LogP) is 1.89. The van der Waals surface area contributed by atoms with E-state index in [-0.39, 0.29) is 11.7 Å². The molecule has 1 aliphatic rings. The molecule has 1 atom stereocenters. The number of hydrogen-bond acceptors (Lipinski definition) is 3. The Labute approximate surface area is 99.8 Å². The van der Waals surface area contributed by atoms with Crippen LogP contribution in [0.3, 0.4) is 0 Å². The molecule has 0 aromatic heterocycles. The van der Waals surface area contributed by atoms with Gasteiger partial charge < -0.3 is 14.7 Å². The number of ether oxygens (including phenoxy) is 1. The van der Waals surface area contributed by atoms with Gasteiger partial charge in [-0.15, -0.1) is 0 Å². The van der Waals surface area contributed by atoms with Gasteiger partial charge in [0.25, 0.3) is 0 Å². The normalized spacial score (nSPS) is 22.3. The summed E-state index contributed by atoms with van der Waals surface area (Å²) in [5.74, 6) is 0.846. The Bertz CT molecular complexity index is 193. The quantitative estimate of drug-likeness (QED) is 0.799. The van der Waals surface area contributed by atoms with Crippen LogP contribution in [0.4, 0.5) is 0 Å². The van der Waals surface area contributed by atoms with E-state index in [2.05, 4.69) is 11.8 Å². The molecule has 0 amide bonds. The van der Waals surface area contributed by atoms with Crippen LogP contribution in [-0.2, 0) is 4.74 Å². The summed E-state index contributed by atoms with van der Waals surface area (Å²) in [5, 5.41) is 9.86. The first-order valence-corrected chi connectivity index (χ1v) is 6.41. The first-order chi connectivity index (χ1) is 7.37. The van der Waals surface area contributed by atoms with Gasteiger partial charge in [-0.1, -0.05) is 6.92 Å². The third-order valence-electron chi connectivity index (χ3n) is 3.05. The maximum absolute atomic E-state index is 9.86. The highest BCUT2D eigenvalue weighted by molar-refractivity contribution is 4.72. The predicted molar refractivity (Wildman–Crippen MR) is 66.5 cm³/mol. The van der Waals surface area contributed by atoms with Crippen LogP contribution < -0.4 is 0 Å². The number of nitrogens with zero attached hydrogens (tertiary/aromatic N) is 1. The zero-order chi connectivity index (χ0) is 12.2. The van der Waals surface area contributed by atoms with Gasteiger partial charge in [0, 0.05) is 6.54 Å². The fourth-order valence-electron chi connectivity index (χ4n) is 1.94. The fraction of sp³-hybridized carbons (Fsp3) is 1.00. The van der Waals surface area contributed by atoms with E-state index in [0.717, 1.165) is 25.6 Å². The van der Waals surface area contributed by atoms with E-state index in [1.807, 2.05) is 20.8 Å². The van der Waals surface area contributed by atoms with Crippen molar-refractivity contribution in [2.24, 2.45) is 5.92 Å². The van der Waals surface area contributed by atoms with Crippen LogP contribution in [0.1, 0.15) is 40.5 Å². The van der Waals surface area contributed by atoms with Crippen molar-refractivity contribution in [3.63, 3.8) is 0 Å². The molecule has 0 aromatic rings. The van der Waals surface area contributed by atoms with Crippen molar-refractivity contribution >= 4 is 0 Å². The summed E-state index contributed by atoms with van der Waals surface area (Å²) in [6.45, 7) is 11.8. The number of hydrogen-bond donors (Lipinski definition) is 1. The van der Waals surface area contributed by atoms with Crippen LogP contribution in [0.25, 0.3) is 0 Å². The Morgan fingerprint density at radius 3 is 2.38 bits per heavy atom. The van der Waals surface area contributed by atoms with Gasteiger partial charge in [0.2, 0.25) is 0 Å². The van der Waals surface area contributed by atoms with E-state index in [0.29, 0.717) is 6.61 Å². The van der Waals surface area contributed by atoms with Gasteiger partial charge in [-0.25, -0.2) is 0 Å². The van der Waals surface area contributed by atoms with Gasteiger partial charge >= 0.3 is 0 Å². The van der Waals surface area contributed by atoms with E-state index < -0.39 is 0 Å². The number of rotatable bonds is 4. The van der Waals surface area contributed by atoms with E-state index in [9.17, 15) is 5.11 Å². The second kappa shape index (κ2) is 5.99. The van der Waals surface area contributed by atoms with Gasteiger partial charge in [0.15, 0.2) is 0 Å². The number of aliphatic hydroxyl groups is 1. The molecule has 0 spiro atoms. The molecule has 1 fully saturated rings. The van der Waals surface area contributed by atoms with Crippen LogP contribution in [0.2, 0.25) is 0 Å². The lowest BCUT2D eigenvalue weighted by Crippen LogP contribution is -2.40. The third kappa shape index (κ3) is 5.83. The minimum Gasteiger partial charge on any atom is -0.389 e. The Morgan fingerprint density at radius 2 is 1.88 bits per heavy atom. The Morgan fingerprint density at radius 1 is 1.31 bits per heavy atom. The van der Waals surface area contributed by atoms with Gasteiger partial charge in [-0.2, -0.15) is 0 Å². The van der Waals surface area contributed by atoms with Crippen LogP contribution in [-0.4, -0.2) is 48.0 Å². The summed E-state index contributed by atoms with van der Waals surface area (Å²) in [5.41, 5.74) is -0.155. The Kier molecular flexibility index (Phi) is 5.22. The highest BCUT2D eigenvalue weighted by Gasteiger charge is 2.19. The van der Waals surface area contributed by atoms with Crippen molar-refractivity contribution in [3.05, 3.63) is 0 Å². The highest BCUT2D eigenvalue weighted by atomic mass is 16.5. The lowest BCUT2D eigenvalue weighted by Gasteiger charge is -2.32. The van der Waals surface area contributed by atoms with Crippen LogP contribution in [0.15, 0.2) is 0 Å². The second-order valence-corrected chi connectivity index (χ2v) is 6.06. The minimum atomic E-state index is -0.354. The Hall–Kier alpha value is -0.120. The molecule has 3 heteroatoms. The molecule has 3 nitrogen and oxygen atoms in total. The molecule has 0 aromatic carbocycles. The van der Waals surface area contributed by atoms with Crippen molar-refractivity contribution < 1.29 is 9.84 Å². The summed E-state index contributed by atoms with van der Waals surface area (Å²) in [6, 6.07) is 0. The molecule has 1 aliphatic heterocycles. The number of piperidine rings is 1. The van der Waals surface area contributed by atoms with Crippen molar-refractivity contribution in [1.82, 2.24) is 4.90 Å². The van der Waals surface area contributed by atoms with E-state index in [1.165, 1.54) is 12.8 Å². The molecule has 1 saturated heterocycles. The van der Waals surface area contributed by atoms with Gasteiger partial charge in [-0.3, -0.25) is 0 Å². The minimum absolute atomic E-state index is 0.155. The van der Waals surface area contributed by atoms with Crippen LogP contribution in [0, 0.1) is 5.92 Å². The molecule has 0 bridgehead atoms. The van der Waals surface area contributed by atoms with Crippen LogP contribution >= 0.6 is 0 Å². The topological polar surface area (TPSA) is 32.7 Å². The van der Waals surface area contributed by atoms with E-state index in [1.54, 1.807) is 0 Å². The summed E-state index contributed by atoms with van der Waals surface area (Å²) < 4.78 is 5.58. The SMILES string of the molecule is CC1CCN(C[C@H](O)COC(C)(C)C)CC1. The van der Waals surface area contributed by atoms with Gasteiger partial charge in [-0.05, 0) is 52.6 Å². The molecule has 1 rings (SSSR count). The molecular formula is C13H27NO2. The zero-order valence-electron chi connectivity index (χ0n) is 11.2. The maximum atomic E-state index is 9.86. The molecular weight excluding hydrogens is 202 g/mol. The monoisotopic (exact) mass is 229 g/mol. The van der Waals surface area contributed by atoms with Crippen molar-refractivity contribution in [1.29, 1.82) is 0 Å². The lowest BCUT2D eigenvalue weighted by molar-refractivity contribution is -0.0577. The van der Waals surface area contributed by atoms with Crippen molar-refractivity contribution in [2.45, 2.75) is 52.2 Å². The molecule has 1 heterocycles. The summed E-state index contributed by atoms with van der Waals surface area (Å²) in [7, 11) is 0. The molecule has 0 aliphatic carbocycles. The average Bonchev–Trinajstić information content (AvgIpc) is 2.18. The molecule has 16 heavy (non-hydrogen) atoms. The number of likely N-dealkylation sites (tertiary alicyclic amines) is 1. The van der Waals surface area contributed by atoms with Crippen LogP contribution in [0.5, 0.6) is 0 Å². The summed E-state index contributed by atoms with van der Waals surface area (Å²) in [4.78, 5) is 2.34. The highest BCUT2D eigenvalue weighted by Crippen LogP contribution is 2.16. The molecule has 0 radical (unpaired) electrons. The van der Waals surface area contributed by atoms with Gasteiger partial charge in [0.1, 0.15) is 0 Å². The smallest absolute Gasteiger partial charge is 0.0900 e. The average molecular weight is 229 g/mol. The molecule has 96 valence electrons. The molecule has 0 unspecified atom stereocenters. The summed E-state index contributed by atoms with van der Waals surface area (Å²) in [6.07, 6.45) is 2.16. The third-order valence-corrected chi connectivity index (χ3v) is 3.05. The molecule has 1 N–H and O–H groups in total. The standard InChI is InChI=1S/C13H27NO2/c1-11-5-7-14(8-6-11)9-12(15)10-16-13(2,3)4/h11-12,15H,5-10H2,1-4H3/t12-/m0/s1. The van der Waals surface area contributed by atoms with Crippen molar-refractivity contribution in [3.8, 4) is 0 Å². The number of β-amino-alcohol motifs (C(OH)–C–C–N with tert-alkyl or cyclic N) is 1. The zero-order valence-corrected chi connectivity index (χ0v) is 11.2. The van der Waals surface area contributed by atoms with Gasteiger partial charge in [0.05, 0.1) is 18.3 Å². The largest absolute Gasteiger partial charge is 0.389 e. The number of aliphatic hydroxyl groups excluding tert-OH is 1. The fourth-order valence-corrected chi connectivity index (χ4v) is 1.94. The lowest BCUT2D eigenvalue weighted by atomic mass is 9.99. The second-order valence-electron chi connectivity index (χ2n) is 6.06. The molecule has 0 saturated carbocycles. The first kappa shape index (κ1) is 13.9. The first-order valence-electron chi connectivity index (χ1n) is 6.41.